The molecule has 15 heteroatoms. The molecule has 0 saturated heterocycles. The topological polar surface area (TPSA) is 63.2 Å². The molecule has 4 saturated carbocycles. The van der Waals surface area contributed by atoms with Gasteiger partial charge in [-0.3, -0.25) is 9.97 Å². The van der Waals surface area contributed by atoms with E-state index in [0.717, 1.165) is 47.1 Å². The molecule has 0 amide bonds. The van der Waals surface area contributed by atoms with Crippen molar-refractivity contribution in [2.45, 2.75) is 259 Å². The summed E-state index contributed by atoms with van der Waals surface area (Å²) < 4.78 is 4.83. The van der Waals surface area contributed by atoms with Gasteiger partial charge in [-0.2, -0.15) is 62.1 Å². The van der Waals surface area contributed by atoms with Gasteiger partial charge in [0.25, 0.3) is 0 Å². The normalized spacial score (nSPS) is 13.8. The van der Waals surface area contributed by atoms with Crippen molar-refractivity contribution in [3.63, 3.8) is 0 Å². The molecule has 4 atom stereocenters. The average molecular weight is 1970 g/mol. The summed E-state index contributed by atoms with van der Waals surface area (Å²) in [6.45, 7) is 40.3. The van der Waals surface area contributed by atoms with Crippen molar-refractivity contribution in [1.29, 1.82) is 0 Å². The Bertz CT molecular complexity index is 3210. The van der Waals surface area contributed by atoms with Crippen LogP contribution in [0.2, 0.25) is 0 Å². The second-order valence-electron chi connectivity index (χ2n) is 28.8. The number of nitrogens with zero attached hydrogens (tertiary/aromatic N) is 4. The first-order chi connectivity index (χ1) is 49.8. The van der Waals surface area contributed by atoms with Gasteiger partial charge in [-0.1, -0.05) is 316 Å². The van der Waals surface area contributed by atoms with Crippen LogP contribution in [0.4, 0.5) is 11.4 Å². The number of hydrogen-bond acceptors (Lipinski definition) is 3. The van der Waals surface area contributed by atoms with Gasteiger partial charge in [0.2, 0.25) is 0 Å². The molecule has 2 heterocycles. The van der Waals surface area contributed by atoms with E-state index in [1.807, 2.05) is 74.5 Å². The molecule has 6 aromatic carbocycles. The maximum Gasteiger partial charge on any atom is 3.00 e. The predicted octanol–water partition coefficient (Wildman–Crippen LogP) is 34.1. The SMILES string of the molecule is C1CCCC1.C1CCCC1.CC(C)c1ccccc1C([N-]c1c(C(C)C)cccc1C(C)C)c1cccc(C2[CH-]CCC2)n1.CC(C)c1ccccc1C([N-]c1c(C(C)C)cccc1C(C)C)c1cccc(C2[CH-]CCC2)n1.CCOCC.[CH2-]c1ccccc1.[CH2-]c1ccccc1.[CH3-].[CH3-].[CH3-].[CH3-].[CH3-].[CH3-].[CH3-].[CH3-].[Cl][Zr+2][Cl].[Cl][Zr][Cl].[Fe+2].[Fe+2].[Mg+2].[Zr+3]. The van der Waals surface area contributed by atoms with Crippen LogP contribution in [0.5, 0.6) is 0 Å². The molecule has 0 N–H and O–H groups in total. The van der Waals surface area contributed by atoms with Crippen LogP contribution in [-0.2, 0) is 107 Å². The molecule has 5 nitrogen and oxygen atoms in total. The van der Waals surface area contributed by atoms with E-state index >= 15 is 0 Å². The summed E-state index contributed by atoms with van der Waals surface area (Å²) in [5.74, 6) is 3.41. The Kier molecular flexibility index (Phi) is 89.8. The van der Waals surface area contributed by atoms with Gasteiger partial charge in [0.05, 0.1) is 0 Å². The fourth-order valence-corrected chi connectivity index (χ4v) is 13.4. The van der Waals surface area contributed by atoms with E-state index < -0.39 is 41.7 Å². The summed E-state index contributed by atoms with van der Waals surface area (Å²) in [7, 11) is 19.7. The van der Waals surface area contributed by atoms with E-state index in [9.17, 15) is 0 Å². The number of para-hydroxylation sites is 2. The molecule has 2 aromatic heterocycles. The largest absolute Gasteiger partial charge is 3.00 e. The number of rotatable bonds is 18. The minimum absolute atomic E-state index is 0. The van der Waals surface area contributed by atoms with Gasteiger partial charge in [-0.15, -0.1) is 47.5 Å². The first-order valence-electron chi connectivity index (χ1n) is 38.5. The molecule has 12 rings (SSSR count). The van der Waals surface area contributed by atoms with Gasteiger partial charge in [0, 0.05) is 36.0 Å². The van der Waals surface area contributed by atoms with Crippen LogP contribution in [0.3, 0.4) is 0 Å². The fraction of sp³-hybridized carbons (Fsp3) is 0.420. The van der Waals surface area contributed by atoms with Crippen LogP contribution >= 0.6 is 34.1 Å². The number of ether oxygens (including phenoxy) is 1. The van der Waals surface area contributed by atoms with Crippen LogP contribution in [0.25, 0.3) is 10.6 Å². The molecular weight excluding hydrogens is 1820 g/mol. The Morgan fingerprint density at radius 3 is 0.809 bits per heavy atom. The molecule has 4 unspecified atom stereocenters. The minimum atomic E-state index is -0.826. The average Bonchev–Trinajstić information content (AvgIpc) is 1.11. The molecule has 8 aromatic rings. The predicted molar refractivity (Wildman–Crippen MR) is 501 cm³/mol. The molecule has 0 spiro atoms. The number of benzene rings is 6. The maximum atomic E-state index is 5.58. The quantitative estimate of drug-likeness (QED) is 0.0635. The van der Waals surface area contributed by atoms with Crippen molar-refractivity contribution in [3.8, 4) is 0 Å². The van der Waals surface area contributed by atoms with Crippen molar-refractivity contribution < 1.29 is 107 Å². The van der Waals surface area contributed by atoms with Gasteiger partial charge >= 0.3 is 159 Å². The van der Waals surface area contributed by atoms with Gasteiger partial charge < -0.3 is 87.6 Å². The summed E-state index contributed by atoms with van der Waals surface area (Å²) >= 11 is -1.65. The molecule has 4 fully saturated rings. The zero-order valence-corrected chi connectivity index (χ0v) is 89.0. The molecule has 4 aliphatic carbocycles. The summed E-state index contributed by atoms with van der Waals surface area (Å²) in [6, 6.07) is 63.6. The van der Waals surface area contributed by atoms with Gasteiger partial charge in [0.1, 0.15) is 0 Å². The van der Waals surface area contributed by atoms with Crippen molar-refractivity contribution in [1.82, 2.24) is 9.97 Å². The molecule has 1 radical (unpaired) electrons. The molecule has 0 bridgehead atoms. The number of hydrogen-bond donors (Lipinski definition) is 0. The van der Waals surface area contributed by atoms with Gasteiger partial charge in [-0.25, -0.2) is 0 Å². The van der Waals surface area contributed by atoms with E-state index in [4.69, 9.17) is 59.4 Å². The Morgan fingerprint density at radius 1 is 0.383 bits per heavy atom. The van der Waals surface area contributed by atoms with Crippen molar-refractivity contribution in [2.75, 3.05) is 13.2 Å². The second kappa shape index (κ2) is 78.5. The minimum Gasteiger partial charge on any atom is 2.00 e. The van der Waals surface area contributed by atoms with Crippen LogP contribution in [0, 0.1) is 86.1 Å². The summed E-state index contributed by atoms with van der Waals surface area (Å²) in [6.07, 6.45) is 27.2. The first-order valence-corrected chi connectivity index (χ1v) is 51.1. The summed E-state index contributed by atoms with van der Waals surface area (Å²) in [5, 5.41) is 11.2. The summed E-state index contributed by atoms with van der Waals surface area (Å²) in [4.78, 5) is 10.5. The van der Waals surface area contributed by atoms with E-state index in [0.29, 0.717) is 47.3 Å². The number of pyridine rings is 2. The Balaban J connectivity index is -0.000000183. The first kappa shape index (κ1) is 132. The van der Waals surface area contributed by atoms with Gasteiger partial charge in [0.15, 0.2) is 0 Å². The third kappa shape index (κ3) is 49.6. The van der Waals surface area contributed by atoms with Crippen molar-refractivity contribution in [2.24, 2.45) is 0 Å². The number of aromatic nitrogens is 2. The van der Waals surface area contributed by atoms with Crippen molar-refractivity contribution in [3.05, 3.63) is 357 Å². The monoisotopic (exact) mass is 1970 g/mol. The molecular formula is C100H148Cl4Fe2MgN4OZr3-3. The standard InChI is InChI=1S/2C32H40N2.2C7H7.2C5H10.C4H10O.8CH3.4ClH.2Fe.Mg.3Zr/c2*1-21(2)25-15-9-10-16-28(25)32(30-20-12-19-29(33-30)24-13-7-8-14-24)34-31-26(22(3)4)17-11-18-27(31)23(5)6;2*1-7-5-3-2-4-6-7;2*1-2-4-5-3-1;1-3-5-4-2;;;;;;;;;;;;;;;;;;/h2*9-13,15-24,32H,7-8,14H2,1-6H3;2*2-6H,1H2;2*1-5H2;3-4H2,1-2H3;8*1H3;4*1H;;;;;;/q2*-2;2*-1;;;;8*-1;;;;;4*+2;+3;+4/p-4. The molecule has 635 valence electrons. The van der Waals surface area contributed by atoms with Crippen LogP contribution in [-0.4, -0.2) is 46.2 Å². The molecule has 4 aliphatic rings. The fourth-order valence-electron chi connectivity index (χ4n) is 13.4. The van der Waals surface area contributed by atoms with Crippen molar-refractivity contribution >= 4 is 68.5 Å². The van der Waals surface area contributed by atoms with E-state index in [-0.39, 0.29) is 155 Å². The number of halogens is 4. The second-order valence-corrected chi connectivity index (χ2v) is 36.2. The van der Waals surface area contributed by atoms with E-state index in [1.165, 1.54) is 159 Å². The Labute approximate surface area is 805 Å². The molecule has 115 heavy (non-hydrogen) atoms. The Morgan fingerprint density at radius 2 is 0.609 bits per heavy atom. The van der Waals surface area contributed by atoms with Crippen LogP contribution < -0.4 is 0 Å². The van der Waals surface area contributed by atoms with Crippen LogP contribution in [0.15, 0.2) is 182 Å². The third-order valence-electron chi connectivity index (χ3n) is 18.9. The zero-order chi connectivity index (χ0) is 75.3. The smallest absolute Gasteiger partial charge is 2.00 e. The third-order valence-corrected chi connectivity index (χ3v) is 18.9. The Hall–Kier alpha value is -1.47. The van der Waals surface area contributed by atoms with Crippen LogP contribution in [0.1, 0.15) is 338 Å². The van der Waals surface area contributed by atoms with E-state index in [1.54, 1.807) is 0 Å². The summed E-state index contributed by atoms with van der Waals surface area (Å²) in [5.41, 5.74) is 19.4. The molecule has 0 aliphatic heterocycles. The maximum absolute atomic E-state index is 5.58. The zero-order valence-electron chi connectivity index (χ0n) is 75.0. The van der Waals surface area contributed by atoms with E-state index in [2.05, 4.69) is 231 Å². The van der Waals surface area contributed by atoms with Gasteiger partial charge in [-0.05, 0) is 96.8 Å².